The minimum Gasteiger partial charge on any atom is -0.465 e. The van der Waals surface area contributed by atoms with Crippen molar-refractivity contribution >= 4 is 23.6 Å². The number of benzene rings is 2. The smallest absolute Gasteiger partial charge is 0.416 e. The summed E-state index contributed by atoms with van der Waals surface area (Å²) >= 11 is 5.84. The van der Waals surface area contributed by atoms with Crippen LogP contribution in [0.1, 0.15) is 39.7 Å². The van der Waals surface area contributed by atoms with Crippen LogP contribution in [0.2, 0.25) is 5.02 Å². The molecule has 226 valence electrons. The third-order valence-corrected chi connectivity index (χ3v) is 6.06. The van der Waals surface area contributed by atoms with Gasteiger partial charge >= 0.3 is 18.4 Å². The number of carbonyl (C=O) groups excluding carboxylic acids is 1. The van der Waals surface area contributed by atoms with Crippen molar-refractivity contribution in [2.75, 3.05) is 13.6 Å². The minimum atomic E-state index is -5.03. The number of nitrogens with zero attached hydrogens (tertiary/aromatic N) is 2. The number of carboxylic acid groups (broad SMARTS) is 1. The second-order valence-corrected chi connectivity index (χ2v) is 9.37. The van der Waals surface area contributed by atoms with Gasteiger partial charge in [0.05, 0.1) is 17.2 Å². The van der Waals surface area contributed by atoms with Crippen LogP contribution in [-0.4, -0.2) is 46.6 Å². The van der Waals surface area contributed by atoms with Crippen molar-refractivity contribution in [2.45, 2.75) is 38.2 Å². The van der Waals surface area contributed by atoms with E-state index in [4.69, 9.17) is 16.7 Å². The first-order valence-electron chi connectivity index (χ1n) is 12.4. The Morgan fingerprint density at radius 2 is 1.60 bits per heavy atom. The van der Waals surface area contributed by atoms with E-state index in [-0.39, 0.29) is 6.07 Å². The molecule has 0 saturated heterocycles. The Morgan fingerprint density at radius 3 is 2.07 bits per heavy atom. The number of rotatable bonds is 8. The maximum absolute atomic E-state index is 13.1. The van der Waals surface area contributed by atoms with Gasteiger partial charge in [0.25, 0.3) is 5.91 Å². The van der Waals surface area contributed by atoms with Crippen LogP contribution >= 0.6 is 11.6 Å². The van der Waals surface area contributed by atoms with E-state index in [1.807, 2.05) is 18.2 Å². The summed E-state index contributed by atoms with van der Waals surface area (Å²) < 4.78 is 78.5. The first-order chi connectivity index (χ1) is 19.6. The van der Waals surface area contributed by atoms with Crippen molar-refractivity contribution in [2.24, 2.45) is 0 Å². The lowest BCUT2D eigenvalue weighted by atomic mass is 10.0. The predicted molar refractivity (Wildman–Crippen MR) is 146 cm³/mol. The summed E-state index contributed by atoms with van der Waals surface area (Å²) in [4.78, 5) is 28.0. The van der Waals surface area contributed by atoms with Crippen LogP contribution in [0.4, 0.5) is 31.1 Å². The molecule has 0 radical (unpaired) electrons. The number of pyridine rings is 1. The summed E-state index contributed by atoms with van der Waals surface area (Å²) in [6.07, 6.45) is -5.13. The maximum Gasteiger partial charge on any atom is 0.416 e. The van der Waals surface area contributed by atoms with Crippen LogP contribution in [-0.2, 0) is 25.2 Å². The van der Waals surface area contributed by atoms with E-state index in [1.165, 1.54) is 7.05 Å². The first kappa shape index (κ1) is 34.1. The van der Waals surface area contributed by atoms with Crippen LogP contribution in [0.25, 0.3) is 0 Å². The Kier molecular flexibility index (Phi) is 12.4. The zero-order valence-electron chi connectivity index (χ0n) is 22.5. The number of nitrogens with one attached hydrogen (secondary N) is 1. The third-order valence-electron chi connectivity index (χ3n) is 5.81. The van der Waals surface area contributed by atoms with Crippen LogP contribution in [0.15, 0.2) is 79.0 Å². The molecule has 3 rings (SSSR count). The molecule has 1 atom stereocenters. The average Bonchev–Trinajstić information content (AvgIpc) is 2.93. The number of allylic oxidation sites excluding steroid dienone is 1. The maximum atomic E-state index is 13.1. The van der Waals surface area contributed by atoms with Gasteiger partial charge in [-0.05, 0) is 61.4 Å². The summed E-state index contributed by atoms with van der Waals surface area (Å²) in [5.41, 5.74) is -2.07. The van der Waals surface area contributed by atoms with Crippen molar-refractivity contribution < 1.29 is 41.0 Å². The van der Waals surface area contributed by atoms with Crippen molar-refractivity contribution in [1.82, 2.24) is 15.2 Å². The molecule has 0 aliphatic heterocycles. The minimum absolute atomic E-state index is 0.00603. The lowest BCUT2D eigenvalue weighted by Crippen LogP contribution is -2.37. The average molecular weight is 616 g/mol. The van der Waals surface area contributed by atoms with Crippen LogP contribution in [0, 0.1) is 0 Å². The van der Waals surface area contributed by atoms with Gasteiger partial charge in [0.15, 0.2) is 0 Å². The van der Waals surface area contributed by atoms with Gasteiger partial charge in [0.1, 0.15) is 0 Å². The Labute approximate surface area is 243 Å². The van der Waals surface area contributed by atoms with Crippen LogP contribution < -0.4 is 5.32 Å². The van der Waals surface area contributed by atoms with Gasteiger partial charge in [-0.3, -0.25) is 9.78 Å². The normalized spacial score (nSPS) is 12.3. The molecule has 0 bridgehead atoms. The van der Waals surface area contributed by atoms with Crippen molar-refractivity contribution in [3.05, 3.63) is 112 Å². The summed E-state index contributed by atoms with van der Waals surface area (Å²) in [6.45, 7) is 2.10. The van der Waals surface area contributed by atoms with Crippen molar-refractivity contribution in [3.63, 3.8) is 0 Å². The van der Waals surface area contributed by atoms with E-state index in [0.29, 0.717) is 36.5 Å². The highest BCUT2D eigenvalue weighted by atomic mass is 35.5. The second-order valence-electron chi connectivity index (χ2n) is 8.94. The molecule has 0 spiro atoms. The Bertz CT molecular complexity index is 1320. The Morgan fingerprint density at radius 1 is 1.00 bits per heavy atom. The molecule has 2 aromatic carbocycles. The summed E-state index contributed by atoms with van der Waals surface area (Å²) in [5.74, 6) is -0.955. The molecule has 2 N–H and O–H groups in total. The molecule has 2 amide bonds. The molecular weight excluding hydrogens is 588 g/mol. The lowest BCUT2D eigenvalue weighted by molar-refractivity contribution is -0.143. The topological polar surface area (TPSA) is 82.5 Å². The number of carbonyl (C=O) groups is 2. The molecule has 3 aromatic rings. The zero-order valence-corrected chi connectivity index (χ0v) is 23.3. The number of likely N-dealkylation sites (N-methyl/N-ethyl adjacent to an activating group) is 1. The summed E-state index contributed by atoms with van der Waals surface area (Å²) in [6, 6.07) is 12.6. The zero-order chi connectivity index (χ0) is 31.5. The molecule has 6 nitrogen and oxygen atoms in total. The molecule has 0 aliphatic carbocycles. The van der Waals surface area contributed by atoms with E-state index >= 15 is 0 Å². The quantitative estimate of drug-likeness (QED) is 0.203. The number of hydrogen-bond donors (Lipinski definition) is 2. The van der Waals surface area contributed by atoms with Crippen LogP contribution in [0.3, 0.4) is 0 Å². The molecule has 42 heavy (non-hydrogen) atoms. The van der Waals surface area contributed by atoms with E-state index in [1.54, 1.807) is 49.5 Å². The SMILES string of the molecule is CC=CC(Cc1ccc(Cl)cc1)N(C)C(=O)c1cc(C(F)(F)F)cc(C(F)(F)F)c1.O=C(O)NCCc1ccccn1. The van der Waals surface area contributed by atoms with Gasteiger partial charge in [0, 0.05) is 42.5 Å². The second kappa shape index (κ2) is 15.2. The van der Waals surface area contributed by atoms with Crippen molar-refractivity contribution in [3.8, 4) is 0 Å². The van der Waals surface area contributed by atoms with Crippen LogP contribution in [0.5, 0.6) is 0 Å². The highest BCUT2D eigenvalue weighted by molar-refractivity contribution is 6.30. The van der Waals surface area contributed by atoms with E-state index in [0.717, 1.165) is 16.2 Å². The fourth-order valence-electron chi connectivity index (χ4n) is 3.69. The number of aromatic nitrogens is 1. The third kappa shape index (κ3) is 11.1. The highest BCUT2D eigenvalue weighted by Crippen LogP contribution is 2.36. The molecule has 1 unspecified atom stereocenters. The predicted octanol–water partition coefficient (Wildman–Crippen LogP) is 7.53. The lowest BCUT2D eigenvalue weighted by Gasteiger charge is -2.27. The largest absolute Gasteiger partial charge is 0.465 e. The molecular formula is C29H28ClF6N3O3. The van der Waals surface area contributed by atoms with Gasteiger partial charge in [-0.1, -0.05) is 42.0 Å². The van der Waals surface area contributed by atoms with Gasteiger partial charge in [0.2, 0.25) is 0 Å². The molecule has 1 heterocycles. The van der Waals surface area contributed by atoms with E-state index in [2.05, 4.69) is 10.3 Å². The standard InChI is InChI=1S/C21H18ClF6NO.C8H10N2O2/c1-3-4-18(9-13-5-7-17(22)8-6-13)29(2)19(30)14-10-15(20(23,24)25)12-16(11-14)21(26,27)28;11-8(12)10-6-4-7-3-1-2-5-9-7/h3-8,10-12,18H,9H2,1-2H3;1-3,5,10H,4,6H2,(H,11,12). The highest BCUT2D eigenvalue weighted by Gasteiger charge is 2.38. The van der Waals surface area contributed by atoms with E-state index < -0.39 is 47.1 Å². The van der Waals surface area contributed by atoms with E-state index in [9.17, 15) is 35.9 Å². The van der Waals surface area contributed by atoms with Gasteiger partial charge in [-0.15, -0.1) is 0 Å². The monoisotopic (exact) mass is 615 g/mol. The fourth-order valence-corrected chi connectivity index (χ4v) is 3.82. The molecule has 1 aromatic heterocycles. The molecule has 13 heteroatoms. The number of halogens is 7. The summed E-state index contributed by atoms with van der Waals surface area (Å²) in [7, 11) is 1.33. The number of alkyl halides is 6. The van der Waals surface area contributed by atoms with Gasteiger partial charge in [-0.25, -0.2) is 4.79 Å². The molecule has 0 aliphatic rings. The molecule has 0 fully saturated rings. The number of amides is 2. The summed E-state index contributed by atoms with van der Waals surface area (Å²) in [5, 5.41) is 11.0. The van der Waals surface area contributed by atoms with Gasteiger partial charge in [-0.2, -0.15) is 26.3 Å². The first-order valence-corrected chi connectivity index (χ1v) is 12.8. The Hall–Kier alpha value is -4.06. The fraction of sp³-hybridized carbons (Fsp3) is 0.276. The van der Waals surface area contributed by atoms with Crippen molar-refractivity contribution in [1.29, 1.82) is 0 Å². The Balaban J connectivity index is 0.000000428. The number of hydrogen-bond acceptors (Lipinski definition) is 3. The van der Waals surface area contributed by atoms with Gasteiger partial charge < -0.3 is 15.3 Å². The molecule has 0 saturated carbocycles.